The fourth-order valence-corrected chi connectivity index (χ4v) is 2.60. The highest BCUT2D eigenvalue weighted by atomic mass is 16.5. The molecule has 1 aromatic heterocycles. The van der Waals surface area contributed by atoms with Crippen molar-refractivity contribution in [2.45, 2.75) is 20.5 Å². The van der Waals surface area contributed by atoms with E-state index in [9.17, 15) is 4.79 Å². The maximum absolute atomic E-state index is 12.6. The Morgan fingerprint density at radius 2 is 1.89 bits per heavy atom. The monoisotopic (exact) mass is 362 g/mol. The molecule has 0 atom stereocenters. The zero-order valence-electron chi connectivity index (χ0n) is 15.4. The summed E-state index contributed by atoms with van der Waals surface area (Å²) in [4.78, 5) is 16.8. The minimum Gasteiger partial charge on any atom is -0.494 e. The van der Waals surface area contributed by atoms with Gasteiger partial charge in [0.2, 0.25) is 0 Å². The van der Waals surface area contributed by atoms with Crippen LogP contribution in [0, 0.1) is 6.92 Å². The number of carbonyl (C=O) groups is 1. The first-order chi connectivity index (χ1) is 13.2. The fraction of sp³-hybridized carbons (Fsp3) is 0.182. The van der Waals surface area contributed by atoms with E-state index in [0.29, 0.717) is 36.1 Å². The number of nitrogens with zero attached hydrogens (tertiary/aromatic N) is 1. The molecule has 5 heteroatoms. The molecule has 0 aliphatic rings. The van der Waals surface area contributed by atoms with Gasteiger partial charge in [0.1, 0.15) is 12.4 Å². The number of benzene rings is 2. The van der Waals surface area contributed by atoms with E-state index in [2.05, 4.69) is 10.3 Å². The Bertz CT molecular complexity index is 925. The average molecular weight is 362 g/mol. The molecule has 1 heterocycles. The van der Waals surface area contributed by atoms with Gasteiger partial charge < -0.3 is 14.8 Å². The SMILES string of the molecule is CCOc1cccc(C(=O)Nc2ncccc2OCc2ccccc2C)c1. The highest BCUT2D eigenvalue weighted by Gasteiger charge is 2.12. The quantitative estimate of drug-likeness (QED) is 0.666. The van der Waals surface area contributed by atoms with E-state index >= 15 is 0 Å². The molecule has 2 aromatic carbocycles. The van der Waals surface area contributed by atoms with Crippen molar-refractivity contribution in [2.24, 2.45) is 0 Å². The van der Waals surface area contributed by atoms with Crippen molar-refractivity contribution in [2.75, 3.05) is 11.9 Å². The number of ether oxygens (including phenoxy) is 2. The maximum Gasteiger partial charge on any atom is 0.257 e. The number of carbonyl (C=O) groups excluding carboxylic acids is 1. The van der Waals surface area contributed by atoms with Crippen molar-refractivity contribution in [3.63, 3.8) is 0 Å². The van der Waals surface area contributed by atoms with Gasteiger partial charge in [0.15, 0.2) is 11.6 Å². The molecule has 0 aliphatic carbocycles. The van der Waals surface area contributed by atoms with Gasteiger partial charge in [-0.05, 0) is 55.3 Å². The van der Waals surface area contributed by atoms with Crippen LogP contribution in [-0.4, -0.2) is 17.5 Å². The van der Waals surface area contributed by atoms with Crippen LogP contribution in [0.1, 0.15) is 28.4 Å². The molecule has 0 saturated carbocycles. The standard InChI is InChI=1S/C22H22N2O3/c1-3-26-19-11-6-10-17(14-19)22(25)24-21-20(12-7-13-23-21)27-15-18-9-5-4-8-16(18)2/h4-14H,3,15H2,1-2H3,(H,23,24,25). The summed E-state index contributed by atoms with van der Waals surface area (Å²) in [5, 5.41) is 2.82. The summed E-state index contributed by atoms with van der Waals surface area (Å²) in [6.07, 6.45) is 1.62. The Hall–Kier alpha value is -3.34. The van der Waals surface area contributed by atoms with Crippen molar-refractivity contribution >= 4 is 11.7 Å². The molecule has 0 spiro atoms. The molecule has 5 nitrogen and oxygen atoms in total. The number of pyridine rings is 1. The summed E-state index contributed by atoms with van der Waals surface area (Å²) >= 11 is 0. The third kappa shape index (κ3) is 4.85. The molecule has 0 aliphatic heterocycles. The van der Waals surface area contributed by atoms with Crippen molar-refractivity contribution in [1.29, 1.82) is 0 Å². The Kier molecular flexibility index (Phi) is 6.05. The summed E-state index contributed by atoms with van der Waals surface area (Å²) < 4.78 is 11.4. The molecule has 0 unspecified atom stereocenters. The number of hydrogen-bond acceptors (Lipinski definition) is 4. The second-order valence-corrected chi connectivity index (χ2v) is 5.98. The Balaban J connectivity index is 1.73. The molecule has 1 amide bonds. The molecule has 1 N–H and O–H groups in total. The summed E-state index contributed by atoms with van der Waals surface area (Å²) in [6, 6.07) is 18.6. The third-order valence-corrected chi connectivity index (χ3v) is 4.05. The van der Waals surface area contributed by atoms with Gasteiger partial charge in [-0.3, -0.25) is 4.79 Å². The molecule has 3 rings (SSSR count). The maximum atomic E-state index is 12.6. The highest BCUT2D eigenvalue weighted by molar-refractivity contribution is 6.04. The van der Waals surface area contributed by atoms with E-state index in [1.807, 2.05) is 44.2 Å². The first-order valence-corrected chi connectivity index (χ1v) is 8.84. The molecule has 3 aromatic rings. The molecular formula is C22H22N2O3. The van der Waals surface area contributed by atoms with Crippen molar-refractivity contribution < 1.29 is 14.3 Å². The van der Waals surface area contributed by atoms with Crippen LogP contribution in [-0.2, 0) is 6.61 Å². The summed E-state index contributed by atoms with van der Waals surface area (Å²) in [6.45, 7) is 4.89. The van der Waals surface area contributed by atoms with E-state index in [0.717, 1.165) is 11.1 Å². The zero-order chi connectivity index (χ0) is 19.1. The Labute approximate surface area is 159 Å². The van der Waals surface area contributed by atoms with E-state index < -0.39 is 0 Å². The molecule has 0 fully saturated rings. The fourth-order valence-electron chi connectivity index (χ4n) is 2.60. The van der Waals surface area contributed by atoms with Crippen LogP contribution in [0.15, 0.2) is 66.9 Å². The lowest BCUT2D eigenvalue weighted by molar-refractivity contribution is 0.102. The second kappa shape index (κ2) is 8.85. The highest BCUT2D eigenvalue weighted by Crippen LogP contribution is 2.24. The van der Waals surface area contributed by atoms with Crippen molar-refractivity contribution in [1.82, 2.24) is 4.98 Å². The third-order valence-electron chi connectivity index (χ3n) is 4.05. The van der Waals surface area contributed by atoms with E-state index in [4.69, 9.17) is 9.47 Å². The minimum atomic E-state index is -0.268. The van der Waals surface area contributed by atoms with Gasteiger partial charge >= 0.3 is 0 Å². The van der Waals surface area contributed by atoms with Crippen LogP contribution < -0.4 is 14.8 Å². The first-order valence-electron chi connectivity index (χ1n) is 8.84. The van der Waals surface area contributed by atoms with Gasteiger partial charge in [-0.2, -0.15) is 0 Å². The number of rotatable bonds is 7. The lowest BCUT2D eigenvalue weighted by Gasteiger charge is -2.13. The lowest BCUT2D eigenvalue weighted by Crippen LogP contribution is -2.14. The van der Waals surface area contributed by atoms with E-state index in [1.165, 1.54) is 0 Å². The Morgan fingerprint density at radius 3 is 2.70 bits per heavy atom. The normalized spacial score (nSPS) is 10.3. The largest absolute Gasteiger partial charge is 0.494 e. The average Bonchev–Trinajstić information content (AvgIpc) is 2.69. The summed E-state index contributed by atoms with van der Waals surface area (Å²) in [5.74, 6) is 1.30. The van der Waals surface area contributed by atoms with Gasteiger partial charge in [0.25, 0.3) is 5.91 Å². The summed E-state index contributed by atoms with van der Waals surface area (Å²) in [5.41, 5.74) is 2.74. The van der Waals surface area contributed by atoms with Crippen LogP contribution in [0.25, 0.3) is 0 Å². The number of aromatic nitrogens is 1. The molecule has 27 heavy (non-hydrogen) atoms. The Morgan fingerprint density at radius 1 is 1.04 bits per heavy atom. The van der Waals surface area contributed by atoms with Crippen LogP contribution in [0.5, 0.6) is 11.5 Å². The molecular weight excluding hydrogens is 340 g/mol. The van der Waals surface area contributed by atoms with Gasteiger partial charge in [0, 0.05) is 11.8 Å². The van der Waals surface area contributed by atoms with Crippen LogP contribution in [0.2, 0.25) is 0 Å². The zero-order valence-corrected chi connectivity index (χ0v) is 15.4. The predicted octanol–water partition coefficient (Wildman–Crippen LogP) is 4.62. The van der Waals surface area contributed by atoms with Crippen molar-refractivity contribution in [3.8, 4) is 11.5 Å². The van der Waals surface area contributed by atoms with E-state index in [1.54, 1.807) is 36.5 Å². The van der Waals surface area contributed by atoms with Crippen LogP contribution in [0.3, 0.4) is 0 Å². The van der Waals surface area contributed by atoms with Gasteiger partial charge in [-0.25, -0.2) is 4.98 Å². The number of nitrogens with one attached hydrogen (secondary N) is 1. The lowest BCUT2D eigenvalue weighted by atomic mass is 10.1. The number of anilines is 1. The minimum absolute atomic E-state index is 0.268. The number of amides is 1. The summed E-state index contributed by atoms with van der Waals surface area (Å²) in [7, 11) is 0. The molecule has 138 valence electrons. The number of hydrogen-bond donors (Lipinski definition) is 1. The topological polar surface area (TPSA) is 60.5 Å². The van der Waals surface area contributed by atoms with Crippen LogP contribution in [0.4, 0.5) is 5.82 Å². The van der Waals surface area contributed by atoms with Gasteiger partial charge in [-0.1, -0.05) is 30.3 Å². The van der Waals surface area contributed by atoms with Gasteiger partial charge in [0.05, 0.1) is 6.61 Å². The molecule has 0 saturated heterocycles. The molecule has 0 bridgehead atoms. The van der Waals surface area contributed by atoms with Gasteiger partial charge in [-0.15, -0.1) is 0 Å². The van der Waals surface area contributed by atoms with E-state index in [-0.39, 0.29) is 5.91 Å². The first kappa shape index (κ1) is 18.5. The molecule has 0 radical (unpaired) electrons. The van der Waals surface area contributed by atoms with Crippen LogP contribution >= 0.6 is 0 Å². The van der Waals surface area contributed by atoms with Crippen molar-refractivity contribution in [3.05, 3.63) is 83.6 Å². The number of aryl methyl sites for hydroxylation is 1. The predicted molar refractivity (Wildman–Crippen MR) is 105 cm³/mol. The smallest absolute Gasteiger partial charge is 0.257 e. The second-order valence-electron chi connectivity index (χ2n) is 5.98.